The van der Waals surface area contributed by atoms with E-state index in [0.29, 0.717) is 10.7 Å². The minimum absolute atomic E-state index is 0.0466. The summed E-state index contributed by atoms with van der Waals surface area (Å²) in [5, 5.41) is 6.62. The molecule has 0 bridgehead atoms. The Balaban J connectivity index is 2.33. The van der Waals surface area contributed by atoms with Crippen LogP contribution >= 0.6 is 12.2 Å². The lowest BCUT2D eigenvalue weighted by atomic mass is 9.64. The van der Waals surface area contributed by atoms with E-state index in [1.165, 1.54) is 0 Å². The van der Waals surface area contributed by atoms with Gasteiger partial charge in [0.15, 0.2) is 4.77 Å². The summed E-state index contributed by atoms with van der Waals surface area (Å²) in [5.41, 5.74) is 5.82. The number of nitrogens with zero attached hydrogens (tertiary/aromatic N) is 2. The van der Waals surface area contributed by atoms with Crippen molar-refractivity contribution < 1.29 is 4.74 Å². The molecule has 84 valence electrons. The predicted octanol–water partition coefficient (Wildman–Crippen LogP) is 1.51. The van der Waals surface area contributed by atoms with Gasteiger partial charge in [-0.1, -0.05) is 13.8 Å². The van der Waals surface area contributed by atoms with Crippen LogP contribution < -0.4 is 5.73 Å². The molecule has 2 unspecified atom stereocenters. The van der Waals surface area contributed by atoms with Crippen molar-refractivity contribution in [3.8, 4) is 0 Å². The van der Waals surface area contributed by atoms with E-state index in [2.05, 4.69) is 24.0 Å². The van der Waals surface area contributed by atoms with E-state index < -0.39 is 0 Å². The average Bonchev–Trinajstić information content (AvgIpc) is 2.48. The van der Waals surface area contributed by atoms with Gasteiger partial charge >= 0.3 is 0 Å². The quantitative estimate of drug-likeness (QED) is 0.753. The molecule has 0 saturated heterocycles. The lowest BCUT2D eigenvalue weighted by Gasteiger charge is -2.51. The summed E-state index contributed by atoms with van der Waals surface area (Å²) in [4.78, 5) is 0. The number of hydrogen-bond acceptors (Lipinski definition) is 4. The second-order valence-electron chi connectivity index (χ2n) is 4.55. The smallest absolute Gasteiger partial charge is 0.220 e. The first-order valence-electron chi connectivity index (χ1n) is 4.93. The third-order valence-electron chi connectivity index (χ3n) is 3.45. The highest BCUT2D eigenvalue weighted by Gasteiger charge is 2.50. The molecule has 2 rings (SSSR count). The Morgan fingerprint density at radius 2 is 2.33 bits per heavy atom. The number of aromatic amines is 1. The minimum atomic E-state index is 0.0466. The van der Waals surface area contributed by atoms with Crippen LogP contribution in [0.4, 0.5) is 5.95 Å². The zero-order chi connectivity index (χ0) is 11.2. The van der Waals surface area contributed by atoms with Gasteiger partial charge in [0.25, 0.3) is 0 Å². The number of hydrogen-bond donors (Lipinski definition) is 2. The Bertz CT molecular complexity index is 422. The van der Waals surface area contributed by atoms with Crippen molar-refractivity contribution in [2.75, 3.05) is 12.8 Å². The van der Waals surface area contributed by atoms with Crippen molar-refractivity contribution in [2.45, 2.75) is 32.4 Å². The lowest BCUT2D eigenvalue weighted by Crippen LogP contribution is -2.51. The summed E-state index contributed by atoms with van der Waals surface area (Å²) in [6, 6.07) is 0.272. The van der Waals surface area contributed by atoms with Crippen molar-refractivity contribution in [2.24, 2.45) is 5.41 Å². The predicted molar refractivity (Wildman–Crippen MR) is 60.1 cm³/mol. The van der Waals surface area contributed by atoms with Crippen LogP contribution in [0.15, 0.2) is 0 Å². The standard InChI is InChI=1S/C9H16N4OS/c1-9(2)5(4-6(9)14-3)13-7(10)11-12-8(13)15/h5-6H,4H2,1-3H3,(H2,10,11)(H,12,15). The van der Waals surface area contributed by atoms with E-state index in [0.717, 1.165) is 6.42 Å². The SMILES string of the molecule is COC1CC(n2c(N)n[nH]c2=S)C1(C)C. The molecule has 0 radical (unpaired) electrons. The van der Waals surface area contributed by atoms with E-state index in [-0.39, 0.29) is 17.6 Å². The van der Waals surface area contributed by atoms with E-state index in [9.17, 15) is 0 Å². The number of nitrogen functional groups attached to an aromatic ring is 1. The molecule has 0 aliphatic heterocycles. The zero-order valence-corrected chi connectivity index (χ0v) is 9.97. The first kappa shape index (κ1) is 10.6. The van der Waals surface area contributed by atoms with Gasteiger partial charge in [0.1, 0.15) is 0 Å². The van der Waals surface area contributed by atoms with Crippen molar-refractivity contribution in [1.29, 1.82) is 0 Å². The van der Waals surface area contributed by atoms with E-state index in [4.69, 9.17) is 22.7 Å². The number of anilines is 1. The molecule has 15 heavy (non-hydrogen) atoms. The summed E-state index contributed by atoms with van der Waals surface area (Å²) in [6.07, 6.45) is 1.19. The third kappa shape index (κ3) is 1.39. The molecular weight excluding hydrogens is 212 g/mol. The third-order valence-corrected chi connectivity index (χ3v) is 3.74. The molecule has 1 aromatic heterocycles. The highest BCUT2D eigenvalue weighted by Crippen LogP contribution is 2.51. The molecule has 6 heteroatoms. The first-order chi connectivity index (χ1) is 6.98. The van der Waals surface area contributed by atoms with Crippen LogP contribution in [0.2, 0.25) is 0 Å². The fourth-order valence-electron chi connectivity index (χ4n) is 2.32. The second kappa shape index (κ2) is 3.31. The van der Waals surface area contributed by atoms with Crippen molar-refractivity contribution >= 4 is 18.2 Å². The fourth-order valence-corrected chi connectivity index (χ4v) is 2.59. The molecule has 1 aliphatic rings. The van der Waals surface area contributed by atoms with Gasteiger partial charge in [0.2, 0.25) is 5.95 Å². The molecule has 0 amide bonds. The Morgan fingerprint density at radius 1 is 1.67 bits per heavy atom. The molecule has 0 aromatic carbocycles. The van der Waals surface area contributed by atoms with Crippen molar-refractivity contribution in [3.63, 3.8) is 0 Å². The maximum absolute atomic E-state index is 5.77. The van der Waals surface area contributed by atoms with Gasteiger partial charge in [-0.25, -0.2) is 5.10 Å². The molecule has 5 nitrogen and oxygen atoms in total. The summed E-state index contributed by atoms with van der Waals surface area (Å²) in [7, 11) is 1.74. The number of aromatic nitrogens is 3. The molecule has 2 atom stereocenters. The van der Waals surface area contributed by atoms with Gasteiger partial charge in [-0.2, -0.15) is 0 Å². The number of methoxy groups -OCH3 is 1. The monoisotopic (exact) mass is 228 g/mol. The van der Waals surface area contributed by atoms with Gasteiger partial charge in [-0.15, -0.1) is 5.10 Å². The molecule has 1 aliphatic carbocycles. The molecule has 0 spiro atoms. The largest absolute Gasteiger partial charge is 0.381 e. The minimum Gasteiger partial charge on any atom is -0.381 e. The first-order valence-corrected chi connectivity index (χ1v) is 5.34. The Morgan fingerprint density at radius 3 is 2.73 bits per heavy atom. The van der Waals surface area contributed by atoms with Crippen LogP contribution in [-0.4, -0.2) is 28.0 Å². The van der Waals surface area contributed by atoms with E-state index >= 15 is 0 Å². The Hall–Kier alpha value is -0.880. The number of ether oxygens (including phenoxy) is 1. The van der Waals surface area contributed by atoms with E-state index in [1.807, 2.05) is 4.57 Å². The summed E-state index contributed by atoms with van der Waals surface area (Å²) < 4.78 is 7.85. The number of nitrogens with one attached hydrogen (secondary N) is 1. The van der Waals surface area contributed by atoms with Gasteiger partial charge in [-0.3, -0.25) is 4.57 Å². The number of nitrogens with two attached hydrogens (primary N) is 1. The maximum atomic E-state index is 5.77. The second-order valence-corrected chi connectivity index (χ2v) is 4.94. The van der Waals surface area contributed by atoms with Crippen LogP contribution in [0.25, 0.3) is 0 Å². The van der Waals surface area contributed by atoms with Crippen LogP contribution in [0.1, 0.15) is 26.3 Å². The number of rotatable bonds is 2. The van der Waals surface area contributed by atoms with Crippen molar-refractivity contribution in [1.82, 2.24) is 14.8 Å². The van der Waals surface area contributed by atoms with Gasteiger partial charge in [-0.05, 0) is 18.6 Å². The Labute approximate surface area is 93.6 Å². The molecule has 1 aromatic rings. The highest BCUT2D eigenvalue weighted by atomic mass is 32.1. The van der Waals surface area contributed by atoms with E-state index in [1.54, 1.807) is 7.11 Å². The molecule has 1 fully saturated rings. The average molecular weight is 228 g/mol. The Kier molecular flexibility index (Phi) is 2.35. The van der Waals surface area contributed by atoms with Crippen LogP contribution in [0.3, 0.4) is 0 Å². The summed E-state index contributed by atoms with van der Waals surface area (Å²) in [6.45, 7) is 4.31. The number of H-pyrrole nitrogens is 1. The van der Waals surface area contributed by atoms with Gasteiger partial charge < -0.3 is 10.5 Å². The fraction of sp³-hybridized carbons (Fsp3) is 0.778. The summed E-state index contributed by atoms with van der Waals surface area (Å²) >= 11 is 5.15. The van der Waals surface area contributed by atoms with Gasteiger partial charge in [0.05, 0.1) is 6.10 Å². The normalized spacial score (nSPS) is 28.7. The molecule has 1 heterocycles. The van der Waals surface area contributed by atoms with Crippen molar-refractivity contribution in [3.05, 3.63) is 4.77 Å². The summed E-state index contributed by atoms with van der Waals surface area (Å²) in [5.74, 6) is 0.452. The molecule has 3 N–H and O–H groups in total. The lowest BCUT2D eigenvalue weighted by molar-refractivity contribution is -0.112. The topological polar surface area (TPSA) is 68.9 Å². The van der Waals surface area contributed by atoms with Crippen LogP contribution in [0, 0.1) is 10.2 Å². The van der Waals surface area contributed by atoms with Crippen LogP contribution in [0.5, 0.6) is 0 Å². The molecule has 1 saturated carbocycles. The highest BCUT2D eigenvalue weighted by molar-refractivity contribution is 7.71. The van der Waals surface area contributed by atoms with Crippen LogP contribution in [-0.2, 0) is 4.74 Å². The van der Waals surface area contributed by atoms with Gasteiger partial charge in [0, 0.05) is 18.6 Å². The molecular formula is C9H16N4OS. The zero-order valence-electron chi connectivity index (χ0n) is 9.15. The maximum Gasteiger partial charge on any atom is 0.220 e.